The molecule has 1 atom stereocenters. The van der Waals surface area contributed by atoms with Crippen molar-refractivity contribution in [1.29, 1.82) is 0 Å². The molecule has 1 saturated heterocycles. The summed E-state index contributed by atoms with van der Waals surface area (Å²) in [5.41, 5.74) is 1.62. The fraction of sp³-hybridized carbons (Fsp3) is 0.667. The number of aromatic nitrogens is 2. The second-order valence-corrected chi connectivity index (χ2v) is 5.92. The van der Waals surface area contributed by atoms with E-state index in [0.29, 0.717) is 11.6 Å². The lowest BCUT2D eigenvalue weighted by Gasteiger charge is -2.33. The molecule has 6 heteroatoms. The number of carbonyl (C=O) groups excluding carboxylic acids is 1. The first-order valence-electron chi connectivity index (χ1n) is 6.44. The molecule has 0 radical (unpaired) electrons. The molecule has 3 rings (SSSR count). The maximum absolute atomic E-state index is 12.5. The van der Waals surface area contributed by atoms with Crippen LogP contribution < -0.4 is 5.32 Å². The number of rotatable bonds is 2. The van der Waals surface area contributed by atoms with E-state index in [9.17, 15) is 4.79 Å². The van der Waals surface area contributed by atoms with Gasteiger partial charge in [-0.25, -0.2) is 0 Å². The van der Waals surface area contributed by atoms with Crippen molar-refractivity contribution in [2.75, 3.05) is 19.6 Å². The number of H-pyrrole nitrogens is 1. The molecule has 1 amide bonds. The van der Waals surface area contributed by atoms with E-state index in [1.165, 1.54) is 12.8 Å². The number of hydrogen-bond donors (Lipinski definition) is 2. The summed E-state index contributed by atoms with van der Waals surface area (Å²) < 4.78 is 0.862. The van der Waals surface area contributed by atoms with Crippen LogP contribution in [0.3, 0.4) is 0 Å². The number of carbonyl (C=O) groups is 1. The summed E-state index contributed by atoms with van der Waals surface area (Å²) in [6.45, 7) is 4.52. The van der Waals surface area contributed by atoms with Crippen LogP contribution in [0.2, 0.25) is 0 Å². The molecule has 5 nitrogen and oxygen atoms in total. The SMILES string of the molecule is C[C@@H]1CNCCN1C(=O)c1n[nH]c(C2CC2)c1Br. The van der Waals surface area contributed by atoms with Crippen LogP contribution in [0.25, 0.3) is 0 Å². The highest BCUT2D eigenvalue weighted by atomic mass is 79.9. The van der Waals surface area contributed by atoms with Gasteiger partial charge in [0.05, 0.1) is 10.2 Å². The normalized spacial score (nSPS) is 24.3. The Morgan fingerprint density at radius 1 is 1.50 bits per heavy atom. The summed E-state index contributed by atoms with van der Waals surface area (Å²) in [4.78, 5) is 14.4. The van der Waals surface area contributed by atoms with E-state index in [0.717, 1.165) is 29.8 Å². The number of amides is 1. The number of nitrogens with zero attached hydrogens (tertiary/aromatic N) is 2. The third-order valence-corrected chi connectivity index (χ3v) is 4.49. The topological polar surface area (TPSA) is 61.0 Å². The van der Waals surface area contributed by atoms with Crippen LogP contribution in [-0.4, -0.2) is 46.7 Å². The third-order valence-electron chi connectivity index (χ3n) is 3.68. The van der Waals surface area contributed by atoms with Gasteiger partial charge in [-0.15, -0.1) is 0 Å². The highest BCUT2D eigenvalue weighted by Gasteiger charge is 2.33. The monoisotopic (exact) mass is 312 g/mol. The van der Waals surface area contributed by atoms with Gasteiger partial charge in [-0.05, 0) is 35.7 Å². The molecule has 18 heavy (non-hydrogen) atoms. The summed E-state index contributed by atoms with van der Waals surface area (Å²) in [5.74, 6) is 0.591. The molecule has 0 bridgehead atoms. The van der Waals surface area contributed by atoms with Crippen LogP contribution in [0.1, 0.15) is 41.9 Å². The maximum Gasteiger partial charge on any atom is 0.275 e. The number of aromatic amines is 1. The Morgan fingerprint density at radius 2 is 2.28 bits per heavy atom. The van der Waals surface area contributed by atoms with E-state index in [-0.39, 0.29) is 11.9 Å². The van der Waals surface area contributed by atoms with Gasteiger partial charge < -0.3 is 10.2 Å². The van der Waals surface area contributed by atoms with Crippen LogP contribution in [0, 0.1) is 0 Å². The third kappa shape index (κ3) is 2.07. The number of nitrogens with one attached hydrogen (secondary N) is 2. The fourth-order valence-corrected chi connectivity index (χ4v) is 3.08. The van der Waals surface area contributed by atoms with E-state index in [4.69, 9.17) is 0 Å². The Morgan fingerprint density at radius 3 is 2.94 bits per heavy atom. The lowest BCUT2D eigenvalue weighted by molar-refractivity contribution is 0.0648. The first kappa shape index (κ1) is 12.2. The Labute approximate surface area is 114 Å². The summed E-state index contributed by atoms with van der Waals surface area (Å²) in [7, 11) is 0. The molecule has 0 aromatic carbocycles. The predicted octanol–water partition coefficient (Wildman–Crippen LogP) is 1.48. The molecule has 1 saturated carbocycles. The van der Waals surface area contributed by atoms with E-state index >= 15 is 0 Å². The minimum atomic E-state index is 0.0269. The van der Waals surface area contributed by atoms with Crippen LogP contribution >= 0.6 is 15.9 Å². The molecular weight excluding hydrogens is 296 g/mol. The molecular formula is C12H17BrN4O. The van der Waals surface area contributed by atoms with Gasteiger partial charge in [0.25, 0.3) is 5.91 Å². The van der Waals surface area contributed by atoms with Gasteiger partial charge in [-0.3, -0.25) is 9.89 Å². The lowest BCUT2D eigenvalue weighted by Crippen LogP contribution is -2.52. The summed E-state index contributed by atoms with van der Waals surface area (Å²) in [6, 6.07) is 0.222. The lowest BCUT2D eigenvalue weighted by atomic mass is 10.2. The molecule has 2 N–H and O–H groups in total. The van der Waals surface area contributed by atoms with Gasteiger partial charge in [0.15, 0.2) is 5.69 Å². The first-order valence-corrected chi connectivity index (χ1v) is 7.23. The van der Waals surface area contributed by atoms with E-state index < -0.39 is 0 Å². The molecule has 1 aromatic heterocycles. The van der Waals surface area contributed by atoms with Crippen molar-refractivity contribution < 1.29 is 4.79 Å². The number of piperazine rings is 1. The number of hydrogen-bond acceptors (Lipinski definition) is 3. The van der Waals surface area contributed by atoms with Crippen molar-refractivity contribution in [3.63, 3.8) is 0 Å². The van der Waals surface area contributed by atoms with Gasteiger partial charge in [-0.2, -0.15) is 5.10 Å². The minimum Gasteiger partial charge on any atom is -0.332 e. The summed E-state index contributed by atoms with van der Waals surface area (Å²) in [5, 5.41) is 10.5. The van der Waals surface area contributed by atoms with Gasteiger partial charge in [0.2, 0.25) is 0 Å². The Kier molecular flexibility index (Phi) is 3.15. The molecule has 1 aliphatic carbocycles. The van der Waals surface area contributed by atoms with Crippen molar-refractivity contribution in [1.82, 2.24) is 20.4 Å². The van der Waals surface area contributed by atoms with Crippen LogP contribution in [-0.2, 0) is 0 Å². The molecule has 0 unspecified atom stereocenters. The summed E-state index contributed by atoms with van der Waals surface area (Å²) >= 11 is 3.52. The number of halogens is 1. The maximum atomic E-state index is 12.5. The minimum absolute atomic E-state index is 0.0269. The summed E-state index contributed by atoms with van der Waals surface area (Å²) in [6.07, 6.45) is 2.39. The molecule has 2 heterocycles. The average Bonchev–Trinajstić information content (AvgIpc) is 3.13. The second-order valence-electron chi connectivity index (χ2n) is 5.13. The standard InChI is InChI=1S/C12H17BrN4O/c1-7-6-14-4-5-17(7)12(18)11-9(13)10(15-16-11)8-2-3-8/h7-8,14H,2-6H2,1H3,(H,15,16)/t7-/m1/s1. The molecule has 1 aromatic rings. The van der Waals surface area contributed by atoms with E-state index in [1.54, 1.807) is 0 Å². The average molecular weight is 313 g/mol. The second kappa shape index (κ2) is 4.66. The highest BCUT2D eigenvalue weighted by Crippen LogP contribution is 2.43. The van der Waals surface area contributed by atoms with Crippen LogP contribution in [0.4, 0.5) is 0 Å². The Hall–Kier alpha value is -0.880. The zero-order chi connectivity index (χ0) is 12.7. The molecule has 2 fully saturated rings. The van der Waals surface area contributed by atoms with Crippen LogP contribution in [0.15, 0.2) is 4.47 Å². The molecule has 1 aliphatic heterocycles. The predicted molar refractivity (Wildman–Crippen MR) is 71.6 cm³/mol. The van der Waals surface area contributed by atoms with Crippen molar-refractivity contribution in [2.24, 2.45) is 0 Å². The molecule has 2 aliphatic rings. The van der Waals surface area contributed by atoms with Crippen LogP contribution in [0.5, 0.6) is 0 Å². The zero-order valence-corrected chi connectivity index (χ0v) is 12.0. The molecule has 0 spiro atoms. The van der Waals surface area contributed by atoms with Gasteiger partial charge in [0.1, 0.15) is 0 Å². The van der Waals surface area contributed by atoms with E-state index in [2.05, 4.69) is 38.4 Å². The van der Waals surface area contributed by atoms with Gasteiger partial charge in [-0.1, -0.05) is 0 Å². The van der Waals surface area contributed by atoms with Crippen molar-refractivity contribution in [3.05, 3.63) is 15.9 Å². The zero-order valence-electron chi connectivity index (χ0n) is 10.4. The van der Waals surface area contributed by atoms with Gasteiger partial charge in [0, 0.05) is 31.6 Å². The Balaban J connectivity index is 1.82. The highest BCUT2D eigenvalue weighted by molar-refractivity contribution is 9.10. The van der Waals surface area contributed by atoms with Crippen molar-refractivity contribution >= 4 is 21.8 Å². The largest absolute Gasteiger partial charge is 0.332 e. The van der Waals surface area contributed by atoms with Crippen molar-refractivity contribution in [3.8, 4) is 0 Å². The fourth-order valence-electron chi connectivity index (χ4n) is 2.40. The van der Waals surface area contributed by atoms with Gasteiger partial charge >= 0.3 is 0 Å². The van der Waals surface area contributed by atoms with Crippen molar-refractivity contribution in [2.45, 2.75) is 31.7 Å². The smallest absolute Gasteiger partial charge is 0.275 e. The first-order chi connectivity index (χ1) is 8.68. The molecule has 98 valence electrons. The Bertz CT molecular complexity index is 469. The van der Waals surface area contributed by atoms with E-state index in [1.807, 2.05) is 4.90 Å². The quantitative estimate of drug-likeness (QED) is 0.869.